The fraction of sp³-hybridized carbons (Fsp3) is 0.0769. The predicted molar refractivity (Wildman–Crippen MR) is 70.5 cm³/mol. The molecule has 2 rings (SSSR count). The zero-order valence-corrected chi connectivity index (χ0v) is 10.5. The molecule has 0 fully saturated rings. The summed E-state index contributed by atoms with van der Waals surface area (Å²) in [5.41, 5.74) is 3.88. The third-order valence-corrected chi connectivity index (χ3v) is 3.31. The Balaban J connectivity index is 1.98. The number of nitrogens with zero attached hydrogens (tertiary/aromatic N) is 1. The Labute approximate surface area is 108 Å². The van der Waals surface area contributed by atoms with Gasteiger partial charge in [-0.05, 0) is 48.2 Å². The maximum atomic E-state index is 12.7. The van der Waals surface area contributed by atoms with Crippen LogP contribution in [0.2, 0.25) is 0 Å². The van der Waals surface area contributed by atoms with E-state index >= 15 is 0 Å². The summed E-state index contributed by atoms with van der Waals surface area (Å²) in [7, 11) is 0. The number of aryl methyl sites for hydroxylation is 1. The Kier molecular flexibility index (Phi) is 3.84. The predicted octanol–water partition coefficient (Wildman–Crippen LogP) is 2.96. The average molecular weight is 262 g/mol. The first-order chi connectivity index (χ1) is 8.66. The van der Waals surface area contributed by atoms with E-state index in [0.29, 0.717) is 5.56 Å². The van der Waals surface area contributed by atoms with Crippen molar-refractivity contribution >= 4 is 23.5 Å². The largest absolute Gasteiger partial charge is 0.271 e. The molecule has 3 nitrogen and oxygen atoms in total. The van der Waals surface area contributed by atoms with Crippen LogP contribution in [0, 0.1) is 12.7 Å². The fourth-order valence-corrected chi connectivity index (χ4v) is 2.12. The summed E-state index contributed by atoms with van der Waals surface area (Å²) in [4.78, 5) is 12.6. The molecular formula is C13H11FN2OS. The minimum absolute atomic E-state index is 0.361. The van der Waals surface area contributed by atoms with Crippen molar-refractivity contribution in [1.82, 2.24) is 5.43 Å². The van der Waals surface area contributed by atoms with Gasteiger partial charge in [0.05, 0.1) is 6.21 Å². The van der Waals surface area contributed by atoms with Crippen molar-refractivity contribution in [3.63, 3.8) is 0 Å². The zero-order valence-electron chi connectivity index (χ0n) is 9.68. The van der Waals surface area contributed by atoms with Gasteiger partial charge in [0.25, 0.3) is 5.91 Å². The number of carbonyl (C=O) groups excluding carboxylic acids is 1. The number of benzene rings is 1. The molecule has 18 heavy (non-hydrogen) atoms. The first-order valence-electron chi connectivity index (χ1n) is 5.30. The Bertz CT molecular complexity index is 575. The SMILES string of the molecule is Cc1ccsc1/C=N\NC(=O)c1ccc(F)cc1. The number of nitrogens with one attached hydrogen (secondary N) is 1. The molecule has 1 aromatic carbocycles. The number of hydrogen-bond acceptors (Lipinski definition) is 3. The summed E-state index contributed by atoms with van der Waals surface area (Å²) in [6.45, 7) is 1.97. The minimum Gasteiger partial charge on any atom is -0.267 e. The topological polar surface area (TPSA) is 41.5 Å². The van der Waals surface area contributed by atoms with E-state index in [0.717, 1.165) is 10.4 Å². The molecule has 92 valence electrons. The van der Waals surface area contributed by atoms with Gasteiger partial charge in [0, 0.05) is 10.4 Å². The van der Waals surface area contributed by atoms with Crippen molar-refractivity contribution in [2.45, 2.75) is 6.92 Å². The normalized spacial score (nSPS) is 10.8. The molecule has 5 heteroatoms. The maximum Gasteiger partial charge on any atom is 0.271 e. The average Bonchev–Trinajstić information content (AvgIpc) is 2.76. The van der Waals surface area contributed by atoms with Gasteiger partial charge in [-0.2, -0.15) is 5.10 Å². The van der Waals surface area contributed by atoms with Gasteiger partial charge in [0.15, 0.2) is 0 Å². The van der Waals surface area contributed by atoms with E-state index in [-0.39, 0.29) is 11.7 Å². The van der Waals surface area contributed by atoms with Crippen molar-refractivity contribution in [1.29, 1.82) is 0 Å². The van der Waals surface area contributed by atoms with Crippen LogP contribution in [0.15, 0.2) is 40.8 Å². The van der Waals surface area contributed by atoms with Crippen LogP contribution >= 0.6 is 11.3 Å². The lowest BCUT2D eigenvalue weighted by Gasteiger charge is -1.99. The Hall–Kier alpha value is -2.01. The number of carbonyl (C=O) groups is 1. The lowest BCUT2D eigenvalue weighted by molar-refractivity contribution is 0.0955. The molecule has 0 aliphatic heterocycles. The van der Waals surface area contributed by atoms with Gasteiger partial charge in [-0.15, -0.1) is 11.3 Å². The summed E-state index contributed by atoms with van der Waals surface area (Å²) in [6, 6.07) is 7.28. The number of thiophene rings is 1. The van der Waals surface area contributed by atoms with Crippen LogP contribution in [0.3, 0.4) is 0 Å². The van der Waals surface area contributed by atoms with E-state index in [4.69, 9.17) is 0 Å². The molecule has 1 aromatic heterocycles. The molecule has 0 saturated carbocycles. The van der Waals surface area contributed by atoms with E-state index in [1.807, 2.05) is 18.4 Å². The summed E-state index contributed by atoms with van der Waals surface area (Å²) in [5, 5.41) is 5.82. The van der Waals surface area contributed by atoms with Crippen LogP contribution in [0.1, 0.15) is 20.8 Å². The summed E-state index contributed by atoms with van der Waals surface area (Å²) in [6.07, 6.45) is 1.60. The lowest BCUT2D eigenvalue weighted by atomic mass is 10.2. The second-order valence-electron chi connectivity index (χ2n) is 3.67. The van der Waals surface area contributed by atoms with Gasteiger partial charge < -0.3 is 0 Å². The number of halogens is 1. The van der Waals surface area contributed by atoms with Crippen molar-refractivity contribution < 1.29 is 9.18 Å². The molecule has 0 aliphatic carbocycles. The zero-order chi connectivity index (χ0) is 13.0. The van der Waals surface area contributed by atoms with Crippen molar-refractivity contribution in [2.75, 3.05) is 0 Å². The summed E-state index contributed by atoms with van der Waals surface area (Å²) >= 11 is 1.55. The molecule has 0 aliphatic rings. The lowest BCUT2D eigenvalue weighted by Crippen LogP contribution is -2.17. The van der Waals surface area contributed by atoms with Crippen LogP contribution in [-0.2, 0) is 0 Å². The smallest absolute Gasteiger partial charge is 0.267 e. The van der Waals surface area contributed by atoms with Crippen molar-refractivity contribution in [2.24, 2.45) is 5.10 Å². The Morgan fingerprint density at radius 2 is 2.06 bits per heavy atom. The maximum absolute atomic E-state index is 12.7. The highest BCUT2D eigenvalue weighted by Gasteiger charge is 2.03. The van der Waals surface area contributed by atoms with Crippen LogP contribution in [0.5, 0.6) is 0 Å². The van der Waals surface area contributed by atoms with Gasteiger partial charge >= 0.3 is 0 Å². The quantitative estimate of drug-likeness (QED) is 0.670. The van der Waals surface area contributed by atoms with Crippen molar-refractivity contribution in [3.05, 3.63) is 57.5 Å². The number of amides is 1. The van der Waals surface area contributed by atoms with E-state index < -0.39 is 0 Å². The van der Waals surface area contributed by atoms with Crippen LogP contribution in [0.25, 0.3) is 0 Å². The van der Waals surface area contributed by atoms with E-state index in [9.17, 15) is 9.18 Å². The Morgan fingerprint density at radius 3 is 2.67 bits per heavy atom. The molecule has 0 radical (unpaired) electrons. The second-order valence-corrected chi connectivity index (χ2v) is 4.62. The van der Waals surface area contributed by atoms with Crippen LogP contribution in [0.4, 0.5) is 4.39 Å². The molecule has 1 N–H and O–H groups in total. The van der Waals surface area contributed by atoms with Gasteiger partial charge in [-0.3, -0.25) is 4.79 Å². The van der Waals surface area contributed by atoms with Crippen molar-refractivity contribution in [3.8, 4) is 0 Å². The highest BCUT2D eigenvalue weighted by atomic mass is 32.1. The fourth-order valence-electron chi connectivity index (χ4n) is 1.33. The molecule has 0 unspecified atom stereocenters. The third-order valence-electron chi connectivity index (χ3n) is 2.36. The van der Waals surface area contributed by atoms with Crippen LogP contribution < -0.4 is 5.43 Å². The highest BCUT2D eigenvalue weighted by molar-refractivity contribution is 7.11. The first-order valence-corrected chi connectivity index (χ1v) is 6.18. The molecular weight excluding hydrogens is 251 g/mol. The molecule has 2 aromatic rings. The molecule has 1 amide bonds. The monoisotopic (exact) mass is 262 g/mol. The summed E-state index contributed by atoms with van der Waals surface area (Å²) in [5.74, 6) is -0.732. The third kappa shape index (κ3) is 3.01. The second kappa shape index (κ2) is 5.55. The van der Waals surface area contributed by atoms with E-state index in [2.05, 4.69) is 10.5 Å². The molecule has 1 heterocycles. The van der Waals surface area contributed by atoms with Crippen LogP contribution in [-0.4, -0.2) is 12.1 Å². The summed E-state index contributed by atoms with van der Waals surface area (Å²) < 4.78 is 12.7. The van der Waals surface area contributed by atoms with Gasteiger partial charge in [0.2, 0.25) is 0 Å². The van der Waals surface area contributed by atoms with E-state index in [1.54, 1.807) is 17.6 Å². The molecule has 0 spiro atoms. The van der Waals surface area contributed by atoms with Gasteiger partial charge in [-0.25, -0.2) is 9.82 Å². The minimum atomic E-state index is -0.371. The number of rotatable bonds is 3. The standard InChI is InChI=1S/C13H11FN2OS/c1-9-6-7-18-12(9)8-15-16-13(17)10-2-4-11(14)5-3-10/h2-8H,1H3,(H,16,17)/b15-8-. The number of hydrazone groups is 1. The molecule has 0 saturated heterocycles. The van der Waals surface area contributed by atoms with Gasteiger partial charge in [0.1, 0.15) is 5.82 Å². The van der Waals surface area contributed by atoms with E-state index in [1.165, 1.54) is 24.3 Å². The Morgan fingerprint density at radius 1 is 1.33 bits per heavy atom. The number of hydrogen-bond donors (Lipinski definition) is 1. The first kappa shape index (κ1) is 12.4. The highest BCUT2D eigenvalue weighted by Crippen LogP contribution is 2.12. The molecule has 0 atom stereocenters. The van der Waals surface area contributed by atoms with Gasteiger partial charge in [-0.1, -0.05) is 0 Å². The molecule has 0 bridgehead atoms.